The molecule has 0 radical (unpaired) electrons. The van der Waals surface area contributed by atoms with E-state index in [1.54, 1.807) is 48.5 Å². The summed E-state index contributed by atoms with van der Waals surface area (Å²) in [7, 11) is -2.07. The second kappa shape index (κ2) is 23.3. The Kier molecular flexibility index (Phi) is 21.4. The molecule has 0 amide bonds. The molecule has 0 unspecified atom stereocenters. The molecule has 2 aliphatic rings. The fourth-order valence-electron chi connectivity index (χ4n) is 3.76. The van der Waals surface area contributed by atoms with Gasteiger partial charge in [-0.3, -0.25) is 14.7 Å². The number of hydrogen-bond donors (Lipinski definition) is 2. The largest absolute Gasteiger partial charge is 0.383 e. The van der Waals surface area contributed by atoms with E-state index < -0.39 is 19.1 Å². The van der Waals surface area contributed by atoms with Crippen molar-refractivity contribution < 1.29 is 16.8 Å². The molecule has 11 heteroatoms. The van der Waals surface area contributed by atoms with Gasteiger partial charge in [0.15, 0.2) is 0 Å². The van der Waals surface area contributed by atoms with E-state index in [1.165, 1.54) is 17.7 Å². The molecule has 4 aromatic carbocycles. The van der Waals surface area contributed by atoms with Crippen LogP contribution in [0.3, 0.4) is 0 Å². The van der Waals surface area contributed by atoms with Crippen LogP contribution in [0.2, 0.25) is 0 Å². The van der Waals surface area contributed by atoms with E-state index in [4.69, 9.17) is 16.4 Å². The number of hydrogen-bond acceptors (Lipinski definition) is 7. The quantitative estimate of drug-likeness (QED) is 0.207. The van der Waals surface area contributed by atoms with Crippen molar-refractivity contribution in [2.75, 3.05) is 0 Å². The molecule has 6 rings (SSSR count). The molecule has 0 saturated heterocycles. The molecule has 0 saturated carbocycles. The van der Waals surface area contributed by atoms with Crippen molar-refractivity contribution in [3.05, 3.63) is 131 Å². The number of sulfonamides is 1. The second-order valence-electron chi connectivity index (χ2n) is 8.35. The monoisotopic (exact) mass is 700 g/mol. The molecule has 47 heavy (non-hydrogen) atoms. The first-order valence-corrected chi connectivity index (χ1v) is 19.5. The number of rotatable bonds is 3. The fraction of sp³-hybridized carbons (Fsp3) is 0.278. The van der Waals surface area contributed by atoms with Crippen LogP contribution < -0.4 is 10.5 Å². The molecule has 0 aliphatic carbocycles. The third-order valence-electron chi connectivity index (χ3n) is 5.70. The van der Waals surface area contributed by atoms with Gasteiger partial charge in [-0.2, -0.15) is 0 Å². The summed E-state index contributed by atoms with van der Waals surface area (Å²) in [6.07, 6.45) is 0. The van der Waals surface area contributed by atoms with Gasteiger partial charge >= 0.3 is 0 Å². The zero-order chi connectivity index (χ0) is 35.9. The maximum atomic E-state index is 12.2. The standard InChI is InChI=1S/C14H12N2O2S.C8H8N2.C6H5ClO2S.4C2H6/c17-19(18,12-7-2-1-3-8-12)16-14-13-9-5-4-6-11(13)10-15-14;9-8-7-4-2-1-3-6(7)5-10-8;7-10(8,9)6-4-2-1-3-5-6;4*1-2/h1-9H,10H2,(H,15,16);1-4H,5H2,(H2,9,10);1-5H;4*1-2H3. The number of nitrogens with one attached hydrogen (secondary N) is 1. The van der Waals surface area contributed by atoms with Crippen LogP contribution in [0, 0.1) is 0 Å². The first-order chi connectivity index (χ1) is 22.6. The molecule has 8 nitrogen and oxygen atoms in total. The number of nitrogens with two attached hydrogens (primary N) is 1. The van der Waals surface area contributed by atoms with Gasteiger partial charge < -0.3 is 5.73 Å². The lowest BCUT2D eigenvalue weighted by Gasteiger charge is -2.08. The Hall–Kier alpha value is -3.99. The zero-order valence-corrected chi connectivity index (χ0v) is 31.0. The maximum absolute atomic E-state index is 12.2. The van der Waals surface area contributed by atoms with Gasteiger partial charge in [-0.15, -0.1) is 0 Å². The van der Waals surface area contributed by atoms with Crippen LogP contribution in [-0.4, -0.2) is 28.5 Å². The number of amidine groups is 2. The fourth-order valence-corrected chi connectivity index (χ4v) is 5.61. The van der Waals surface area contributed by atoms with Crippen molar-refractivity contribution in [1.29, 1.82) is 0 Å². The van der Waals surface area contributed by atoms with Crippen LogP contribution in [0.1, 0.15) is 77.6 Å². The van der Waals surface area contributed by atoms with Crippen molar-refractivity contribution in [2.45, 2.75) is 78.3 Å². The molecule has 2 aliphatic heterocycles. The molecule has 2 heterocycles. The van der Waals surface area contributed by atoms with Gasteiger partial charge in [0.05, 0.1) is 22.9 Å². The molecule has 0 fully saturated rings. The lowest BCUT2D eigenvalue weighted by molar-refractivity contribution is 0.592. The van der Waals surface area contributed by atoms with E-state index in [0.29, 0.717) is 18.2 Å². The van der Waals surface area contributed by atoms with Gasteiger partial charge in [-0.25, -0.2) is 16.8 Å². The minimum absolute atomic E-state index is 0.136. The van der Waals surface area contributed by atoms with Gasteiger partial charge in [0.25, 0.3) is 19.1 Å². The minimum atomic E-state index is -3.57. The highest BCUT2D eigenvalue weighted by molar-refractivity contribution is 8.13. The van der Waals surface area contributed by atoms with E-state index in [2.05, 4.69) is 20.8 Å². The summed E-state index contributed by atoms with van der Waals surface area (Å²) in [5, 5.41) is 0. The highest BCUT2D eigenvalue weighted by atomic mass is 35.7. The molecule has 0 aromatic heterocycles. The van der Waals surface area contributed by atoms with Crippen LogP contribution in [0.4, 0.5) is 0 Å². The summed E-state index contributed by atoms with van der Waals surface area (Å²) >= 11 is 0. The summed E-state index contributed by atoms with van der Waals surface area (Å²) in [5.41, 5.74) is 9.82. The van der Waals surface area contributed by atoms with Crippen molar-refractivity contribution in [3.8, 4) is 0 Å². The second-order valence-corrected chi connectivity index (χ2v) is 12.6. The van der Waals surface area contributed by atoms with Crippen LogP contribution in [-0.2, 0) is 32.2 Å². The molecular weight excluding hydrogens is 652 g/mol. The molecule has 0 atom stereocenters. The Bertz CT molecular complexity index is 1730. The Labute approximate surface area is 287 Å². The van der Waals surface area contributed by atoms with Gasteiger partial charge in [0, 0.05) is 21.8 Å². The smallest absolute Gasteiger partial charge is 0.263 e. The van der Waals surface area contributed by atoms with E-state index >= 15 is 0 Å². The third kappa shape index (κ3) is 14.1. The van der Waals surface area contributed by atoms with Crippen LogP contribution in [0.5, 0.6) is 0 Å². The van der Waals surface area contributed by atoms with E-state index in [0.717, 1.165) is 23.2 Å². The topological polar surface area (TPSA) is 131 Å². The summed E-state index contributed by atoms with van der Waals surface area (Å²) in [6.45, 7) is 17.3. The Morgan fingerprint density at radius 2 is 0.936 bits per heavy atom. The predicted octanol–water partition coefficient (Wildman–Crippen LogP) is 8.55. The Morgan fingerprint density at radius 3 is 1.38 bits per heavy atom. The van der Waals surface area contributed by atoms with E-state index in [1.807, 2.05) is 97.9 Å². The molecule has 0 spiro atoms. The normalized spacial score (nSPS) is 11.6. The number of benzene rings is 4. The van der Waals surface area contributed by atoms with Gasteiger partial charge in [0.2, 0.25) is 0 Å². The predicted molar refractivity (Wildman–Crippen MR) is 199 cm³/mol. The van der Waals surface area contributed by atoms with Crippen molar-refractivity contribution in [3.63, 3.8) is 0 Å². The highest BCUT2D eigenvalue weighted by Gasteiger charge is 2.21. The molecule has 3 N–H and O–H groups in total. The average molecular weight is 701 g/mol. The lowest BCUT2D eigenvalue weighted by atomic mass is 10.1. The molecular formula is C36H49ClN4O4S2. The number of fused-ring (bicyclic) bond motifs is 2. The first kappa shape index (κ1) is 43.0. The first-order valence-electron chi connectivity index (χ1n) is 15.7. The van der Waals surface area contributed by atoms with Crippen LogP contribution >= 0.6 is 10.7 Å². The average Bonchev–Trinajstić information content (AvgIpc) is 3.72. The van der Waals surface area contributed by atoms with Crippen LogP contribution in [0.15, 0.2) is 129 Å². The molecule has 4 aromatic rings. The number of nitrogens with zero attached hydrogens (tertiary/aromatic N) is 2. The minimum Gasteiger partial charge on any atom is -0.383 e. The van der Waals surface area contributed by atoms with E-state index in [-0.39, 0.29) is 9.79 Å². The van der Waals surface area contributed by atoms with Crippen molar-refractivity contribution in [2.24, 2.45) is 15.7 Å². The van der Waals surface area contributed by atoms with Gasteiger partial charge in [0.1, 0.15) is 11.7 Å². The summed E-state index contributed by atoms with van der Waals surface area (Å²) in [6, 6.07) is 31.8. The Morgan fingerprint density at radius 1 is 0.553 bits per heavy atom. The lowest BCUT2D eigenvalue weighted by Crippen LogP contribution is -2.30. The molecule has 0 bridgehead atoms. The van der Waals surface area contributed by atoms with Gasteiger partial charge in [-0.05, 0) is 35.4 Å². The number of aliphatic imine (C=N–C) groups is 2. The molecule has 256 valence electrons. The Balaban J connectivity index is 0.000000647. The highest BCUT2D eigenvalue weighted by Crippen LogP contribution is 2.19. The van der Waals surface area contributed by atoms with E-state index in [9.17, 15) is 16.8 Å². The maximum Gasteiger partial charge on any atom is 0.263 e. The zero-order valence-electron chi connectivity index (χ0n) is 28.6. The van der Waals surface area contributed by atoms with Crippen LogP contribution in [0.25, 0.3) is 0 Å². The number of halogens is 1. The SMILES string of the molecule is CC.CC.CC.CC.NC1=NCc2ccccc21.O=S(=O)(Cl)c1ccccc1.O=S(=O)(NC1=NCc2ccccc21)c1ccccc1. The summed E-state index contributed by atoms with van der Waals surface area (Å²) in [4.78, 5) is 8.71. The van der Waals surface area contributed by atoms with Crippen molar-refractivity contribution in [1.82, 2.24) is 4.72 Å². The summed E-state index contributed by atoms with van der Waals surface area (Å²) < 4.78 is 48.2. The van der Waals surface area contributed by atoms with Gasteiger partial charge in [-0.1, -0.05) is 140 Å². The third-order valence-corrected chi connectivity index (χ3v) is 8.43. The van der Waals surface area contributed by atoms with Crippen molar-refractivity contribution >= 4 is 41.4 Å². The summed E-state index contributed by atoms with van der Waals surface area (Å²) in [5.74, 6) is 1.09.